The van der Waals surface area contributed by atoms with E-state index in [1.54, 1.807) is 7.11 Å². The Morgan fingerprint density at radius 3 is 2.23 bits per heavy atom. The Kier molecular flexibility index (Phi) is 6.90. The summed E-state index contributed by atoms with van der Waals surface area (Å²) in [5, 5.41) is 3.47. The third kappa shape index (κ3) is 5.27. The molecule has 1 saturated heterocycles. The maximum absolute atomic E-state index is 6.09. The van der Waals surface area contributed by atoms with Crippen LogP contribution in [0.4, 0.5) is 0 Å². The van der Waals surface area contributed by atoms with E-state index in [-0.39, 0.29) is 6.04 Å². The number of aryl methyl sites for hydroxylation is 2. The van der Waals surface area contributed by atoms with Gasteiger partial charge in [-0.2, -0.15) is 0 Å². The number of rotatable bonds is 7. The molecule has 1 atom stereocenters. The van der Waals surface area contributed by atoms with E-state index in [4.69, 9.17) is 9.47 Å². The van der Waals surface area contributed by atoms with Crippen molar-refractivity contribution in [3.8, 4) is 11.5 Å². The smallest absolute Gasteiger partial charge is 0.161 e. The van der Waals surface area contributed by atoms with Crippen LogP contribution in [0.15, 0.2) is 66.7 Å². The summed E-state index contributed by atoms with van der Waals surface area (Å²) in [6.45, 7) is 8.93. The Bertz CT molecular complexity index is 977. The maximum Gasteiger partial charge on any atom is 0.161 e. The molecule has 4 heteroatoms. The van der Waals surface area contributed by atoms with E-state index in [0.29, 0.717) is 6.61 Å². The number of nitrogens with one attached hydrogen (secondary N) is 1. The lowest BCUT2D eigenvalue weighted by Gasteiger charge is -2.36. The first kappa shape index (κ1) is 21.4. The van der Waals surface area contributed by atoms with Crippen molar-refractivity contribution in [3.63, 3.8) is 0 Å². The highest BCUT2D eigenvalue weighted by Gasteiger charge is 2.25. The summed E-state index contributed by atoms with van der Waals surface area (Å²) >= 11 is 0. The second-order valence-corrected chi connectivity index (χ2v) is 8.29. The lowest BCUT2D eigenvalue weighted by molar-refractivity contribution is 0.198. The maximum atomic E-state index is 6.09. The Morgan fingerprint density at radius 2 is 1.55 bits per heavy atom. The van der Waals surface area contributed by atoms with Gasteiger partial charge in [0.1, 0.15) is 6.61 Å². The van der Waals surface area contributed by atoms with Gasteiger partial charge in [0.25, 0.3) is 0 Å². The van der Waals surface area contributed by atoms with Crippen LogP contribution in [0.1, 0.15) is 33.9 Å². The first-order valence-electron chi connectivity index (χ1n) is 11.0. The van der Waals surface area contributed by atoms with Crippen LogP contribution in [0.25, 0.3) is 0 Å². The highest BCUT2D eigenvalue weighted by molar-refractivity contribution is 5.47. The van der Waals surface area contributed by atoms with Gasteiger partial charge >= 0.3 is 0 Å². The minimum absolute atomic E-state index is 0.192. The van der Waals surface area contributed by atoms with Crippen LogP contribution in [-0.2, 0) is 6.61 Å². The van der Waals surface area contributed by atoms with Crippen LogP contribution in [0.3, 0.4) is 0 Å². The fourth-order valence-electron chi connectivity index (χ4n) is 4.43. The second kappa shape index (κ2) is 9.99. The van der Waals surface area contributed by atoms with Crippen LogP contribution in [-0.4, -0.2) is 38.2 Å². The zero-order valence-corrected chi connectivity index (χ0v) is 18.7. The SMILES string of the molecule is COc1cc(C(c2cc(C)cc(C)c2)N2CCNCC2)ccc1OCc1ccccc1. The molecule has 1 fully saturated rings. The monoisotopic (exact) mass is 416 g/mol. The number of hydrogen-bond donors (Lipinski definition) is 1. The fraction of sp³-hybridized carbons (Fsp3) is 0.333. The largest absolute Gasteiger partial charge is 0.493 e. The van der Waals surface area contributed by atoms with Gasteiger partial charge in [-0.15, -0.1) is 0 Å². The van der Waals surface area contributed by atoms with Crippen molar-refractivity contribution < 1.29 is 9.47 Å². The Labute approximate surface area is 185 Å². The Balaban J connectivity index is 1.65. The van der Waals surface area contributed by atoms with Gasteiger partial charge in [-0.25, -0.2) is 0 Å². The summed E-state index contributed by atoms with van der Waals surface area (Å²) in [5.74, 6) is 1.55. The van der Waals surface area contributed by atoms with E-state index in [2.05, 4.69) is 72.6 Å². The molecule has 3 aromatic rings. The average molecular weight is 417 g/mol. The first-order chi connectivity index (χ1) is 15.1. The van der Waals surface area contributed by atoms with Crippen molar-refractivity contribution in [2.75, 3.05) is 33.3 Å². The van der Waals surface area contributed by atoms with E-state index in [9.17, 15) is 0 Å². The number of methoxy groups -OCH3 is 1. The van der Waals surface area contributed by atoms with Gasteiger partial charge < -0.3 is 14.8 Å². The first-order valence-corrected chi connectivity index (χ1v) is 11.0. The van der Waals surface area contributed by atoms with E-state index in [1.165, 1.54) is 22.3 Å². The molecule has 0 spiro atoms. The van der Waals surface area contributed by atoms with Crippen LogP contribution in [0.2, 0.25) is 0 Å². The van der Waals surface area contributed by atoms with E-state index in [0.717, 1.165) is 43.2 Å². The molecule has 31 heavy (non-hydrogen) atoms. The molecule has 0 saturated carbocycles. The molecule has 1 aliphatic rings. The summed E-state index contributed by atoms with van der Waals surface area (Å²) in [7, 11) is 1.71. The molecule has 1 unspecified atom stereocenters. The molecule has 4 nitrogen and oxygen atoms in total. The summed E-state index contributed by atoms with van der Waals surface area (Å²) < 4.78 is 11.8. The van der Waals surface area contributed by atoms with Gasteiger partial charge in [0.05, 0.1) is 13.2 Å². The molecular weight excluding hydrogens is 384 g/mol. The molecule has 162 valence electrons. The Morgan fingerprint density at radius 1 is 0.839 bits per heavy atom. The molecule has 1 aliphatic heterocycles. The number of nitrogens with zero attached hydrogens (tertiary/aromatic N) is 1. The highest BCUT2D eigenvalue weighted by Crippen LogP contribution is 2.36. The van der Waals surface area contributed by atoms with Crippen LogP contribution in [0, 0.1) is 13.8 Å². The summed E-state index contributed by atoms with van der Waals surface area (Å²) in [6.07, 6.45) is 0. The highest BCUT2D eigenvalue weighted by atomic mass is 16.5. The van der Waals surface area contributed by atoms with E-state index >= 15 is 0 Å². The molecule has 0 aromatic heterocycles. The summed E-state index contributed by atoms with van der Waals surface area (Å²) in [5.41, 5.74) is 6.30. The van der Waals surface area contributed by atoms with E-state index in [1.807, 2.05) is 18.2 Å². The molecule has 0 amide bonds. The fourth-order valence-corrected chi connectivity index (χ4v) is 4.43. The van der Waals surface area contributed by atoms with Gasteiger partial charge in [0, 0.05) is 26.2 Å². The lowest BCUT2D eigenvalue weighted by Crippen LogP contribution is -2.45. The number of benzene rings is 3. The van der Waals surface area contributed by atoms with Crippen molar-refractivity contribution in [2.45, 2.75) is 26.5 Å². The quantitative estimate of drug-likeness (QED) is 0.595. The van der Waals surface area contributed by atoms with Gasteiger partial charge in [0.2, 0.25) is 0 Å². The van der Waals surface area contributed by atoms with Crippen molar-refractivity contribution >= 4 is 0 Å². The summed E-state index contributed by atoms with van der Waals surface area (Å²) in [4.78, 5) is 2.56. The third-order valence-corrected chi connectivity index (χ3v) is 5.82. The normalized spacial score (nSPS) is 15.5. The van der Waals surface area contributed by atoms with Gasteiger partial charge in [-0.3, -0.25) is 4.90 Å². The van der Waals surface area contributed by atoms with Crippen molar-refractivity contribution in [1.82, 2.24) is 10.2 Å². The van der Waals surface area contributed by atoms with Crippen molar-refractivity contribution in [1.29, 1.82) is 0 Å². The third-order valence-electron chi connectivity index (χ3n) is 5.82. The number of hydrogen-bond acceptors (Lipinski definition) is 4. The van der Waals surface area contributed by atoms with Gasteiger partial charge in [-0.05, 0) is 42.7 Å². The van der Waals surface area contributed by atoms with Gasteiger partial charge in [0.15, 0.2) is 11.5 Å². The minimum Gasteiger partial charge on any atom is -0.493 e. The Hall–Kier alpha value is -2.82. The molecule has 1 N–H and O–H groups in total. The van der Waals surface area contributed by atoms with Gasteiger partial charge in [-0.1, -0.05) is 65.7 Å². The minimum atomic E-state index is 0.192. The van der Waals surface area contributed by atoms with Crippen LogP contribution < -0.4 is 14.8 Å². The predicted octanol–water partition coefficient (Wildman–Crippen LogP) is 4.89. The zero-order chi connectivity index (χ0) is 21.6. The second-order valence-electron chi connectivity index (χ2n) is 8.29. The van der Waals surface area contributed by atoms with Crippen molar-refractivity contribution in [3.05, 3.63) is 94.5 Å². The molecule has 3 aromatic carbocycles. The molecular formula is C27H32N2O2. The molecule has 0 aliphatic carbocycles. The van der Waals surface area contributed by atoms with Crippen LogP contribution in [0.5, 0.6) is 11.5 Å². The molecule has 4 rings (SSSR count). The van der Waals surface area contributed by atoms with E-state index < -0.39 is 0 Å². The standard InChI is InChI=1S/C27H32N2O2/c1-20-15-21(2)17-24(16-20)27(29-13-11-28-12-14-29)23-9-10-25(26(18-23)30-3)31-19-22-7-5-4-6-8-22/h4-10,15-18,27-28H,11-14,19H2,1-3H3. The average Bonchev–Trinajstić information content (AvgIpc) is 2.79. The zero-order valence-electron chi connectivity index (χ0n) is 18.7. The van der Waals surface area contributed by atoms with Crippen LogP contribution >= 0.6 is 0 Å². The lowest BCUT2D eigenvalue weighted by atomic mass is 9.93. The number of ether oxygens (including phenoxy) is 2. The molecule has 0 radical (unpaired) electrons. The number of piperazine rings is 1. The molecule has 1 heterocycles. The predicted molar refractivity (Wildman–Crippen MR) is 126 cm³/mol. The topological polar surface area (TPSA) is 33.7 Å². The van der Waals surface area contributed by atoms with Crippen molar-refractivity contribution in [2.24, 2.45) is 0 Å². The molecule has 0 bridgehead atoms. The summed E-state index contributed by atoms with van der Waals surface area (Å²) in [6, 6.07) is 23.6.